The molecule has 2 aromatic rings. The van der Waals surface area contributed by atoms with Gasteiger partial charge in [-0.1, -0.05) is 0 Å². The molecular weight excluding hydrogens is 398 g/mol. The van der Waals surface area contributed by atoms with Crippen molar-refractivity contribution in [3.63, 3.8) is 0 Å². The van der Waals surface area contributed by atoms with Crippen LogP contribution in [0.2, 0.25) is 0 Å². The van der Waals surface area contributed by atoms with Gasteiger partial charge in [0.1, 0.15) is 22.1 Å². The van der Waals surface area contributed by atoms with Crippen molar-refractivity contribution in [2.24, 2.45) is 5.10 Å². The molecule has 156 valence electrons. The summed E-state index contributed by atoms with van der Waals surface area (Å²) < 4.78 is 41.8. The van der Waals surface area contributed by atoms with Crippen molar-refractivity contribution in [3.05, 3.63) is 48.0 Å². The van der Waals surface area contributed by atoms with Crippen molar-refractivity contribution in [2.75, 3.05) is 34.9 Å². The number of amides is 1. The number of nitrogens with zero attached hydrogens (tertiary/aromatic N) is 2. The van der Waals surface area contributed by atoms with Crippen LogP contribution in [0.4, 0.5) is 0 Å². The summed E-state index contributed by atoms with van der Waals surface area (Å²) in [5.74, 6) is 0.607. The Morgan fingerprint density at radius 1 is 1.03 bits per heavy atom. The zero-order valence-corrected chi connectivity index (χ0v) is 17.4. The van der Waals surface area contributed by atoms with Crippen LogP contribution < -0.4 is 19.6 Å². The highest BCUT2D eigenvalue weighted by Gasteiger charge is 2.27. The van der Waals surface area contributed by atoms with E-state index in [4.69, 9.17) is 14.2 Å². The molecule has 0 aliphatic rings. The molecule has 29 heavy (non-hydrogen) atoms. The van der Waals surface area contributed by atoms with E-state index >= 15 is 0 Å². The van der Waals surface area contributed by atoms with Crippen LogP contribution in [0.1, 0.15) is 5.56 Å². The molecule has 0 saturated carbocycles. The average molecular weight is 421 g/mol. The standard InChI is InChI=1S/C19H23N3O6S/c1-22(29(24,25)18-11-16(27-3)9-10-17(18)28-4)13-19(23)21-20-12-14-5-7-15(26-2)8-6-14/h5-12H,13H2,1-4H3,(H,21,23)/b20-12-. The summed E-state index contributed by atoms with van der Waals surface area (Å²) in [6, 6.07) is 11.4. The summed E-state index contributed by atoms with van der Waals surface area (Å²) in [6.45, 7) is -0.428. The highest BCUT2D eigenvalue weighted by atomic mass is 32.2. The molecule has 1 amide bonds. The van der Waals surface area contributed by atoms with Gasteiger partial charge in [0.15, 0.2) is 0 Å². The molecule has 0 fully saturated rings. The highest BCUT2D eigenvalue weighted by Crippen LogP contribution is 2.30. The van der Waals surface area contributed by atoms with E-state index in [1.165, 1.54) is 39.6 Å². The minimum absolute atomic E-state index is 0.101. The Kier molecular flexibility index (Phi) is 7.57. The van der Waals surface area contributed by atoms with Crippen LogP contribution in [0.25, 0.3) is 0 Å². The molecule has 0 bridgehead atoms. The van der Waals surface area contributed by atoms with E-state index in [0.29, 0.717) is 11.5 Å². The largest absolute Gasteiger partial charge is 0.497 e. The van der Waals surface area contributed by atoms with E-state index in [1.54, 1.807) is 37.4 Å². The molecule has 0 heterocycles. The first-order chi connectivity index (χ1) is 13.8. The van der Waals surface area contributed by atoms with Gasteiger partial charge in [0, 0.05) is 13.1 Å². The molecule has 2 rings (SSSR count). The highest BCUT2D eigenvalue weighted by molar-refractivity contribution is 7.89. The van der Waals surface area contributed by atoms with Crippen LogP contribution in [0, 0.1) is 0 Å². The molecular formula is C19H23N3O6S. The van der Waals surface area contributed by atoms with E-state index < -0.39 is 22.5 Å². The lowest BCUT2D eigenvalue weighted by Gasteiger charge is -2.18. The number of ether oxygens (including phenoxy) is 3. The Morgan fingerprint density at radius 3 is 2.24 bits per heavy atom. The number of benzene rings is 2. The lowest BCUT2D eigenvalue weighted by Crippen LogP contribution is -2.36. The van der Waals surface area contributed by atoms with Gasteiger partial charge >= 0.3 is 0 Å². The fourth-order valence-corrected chi connectivity index (χ4v) is 3.64. The topological polar surface area (TPSA) is 107 Å². The maximum absolute atomic E-state index is 12.8. The maximum Gasteiger partial charge on any atom is 0.255 e. The molecule has 0 aromatic heterocycles. The number of likely N-dealkylation sites (N-methyl/N-ethyl adjacent to an activating group) is 1. The second kappa shape index (κ2) is 9.89. The molecule has 0 unspecified atom stereocenters. The van der Waals surface area contributed by atoms with E-state index in [1.807, 2.05) is 0 Å². The molecule has 0 aliphatic heterocycles. The molecule has 0 atom stereocenters. The normalized spacial score (nSPS) is 11.5. The number of nitrogens with one attached hydrogen (secondary N) is 1. The van der Waals surface area contributed by atoms with E-state index in [0.717, 1.165) is 9.87 Å². The lowest BCUT2D eigenvalue weighted by atomic mass is 10.2. The zero-order chi connectivity index (χ0) is 21.4. The Balaban J connectivity index is 2.05. The van der Waals surface area contributed by atoms with Crippen molar-refractivity contribution in [1.82, 2.24) is 9.73 Å². The van der Waals surface area contributed by atoms with E-state index in [2.05, 4.69) is 10.5 Å². The SMILES string of the molecule is COc1ccc(/C=N\NC(=O)CN(C)S(=O)(=O)c2cc(OC)ccc2OC)cc1. The number of hydrogen-bond acceptors (Lipinski definition) is 7. The average Bonchev–Trinajstić information content (AvgIpc) is 2.73. The third-order valence-electron chi connectivity index (χ3n) is 3.94. The second-order valence-electron chi connectivity index (χ2n) is 5.84. The number of sulfonamides is 1. The van der Waals surface area contributed by atoms with Crippen LogP contribution in [-0.2, 0) is 14.8 Å². The summed E-state index contributed by atoms with van der Waals surface area (Å²) in [7, 11) is 1.65. The van der Waals surface area contributed by atoms with Gasteiger partial charge in [-0.25, -0.2) is 13.8 Å². The Morgan fingerprint density at radius 2 is 1.66 bits per heavy atom. The van der Waals surface area contributed by atoms with Gasteiger partial charge in [-0.05, 0) is 42.0 Å². The van der Waals surface area contributed by atoms with Crippen molar-refractivity contribution in [3.8, 4) is 17.2 Å². The fraction of sp³-hybridized carbons (Fsp3) is 0.263. The van der Waals surface area contributed by atoms with Crippen LogP contribution in [0.3, 0.4) is 0 Å². The lowest BCUT2D eigenvalue weighted by molar-refractivity contribution is -0.121. The van der Waals surface area contributed by atoms with Crippen molar-refractivity contribution >= 4 is 22.1 Å². The predicted molar refractivity (Wildman–Crippen MR) is 108 cm³/mol. The smallest absolute Gasteiger partial charge is 0.255 e. The monoisotopic (exact) mass is 421 g/mol. The predicted octanol–water partition coefficient (Wildman–Crippen LogP) is 1.48. The first-order valence-electron chi connectivity index (χ1n) is 8.46. The molecule has 0 aliphatic carbocycles. The summed E-state index contributed by atoms with van der Waals surface area (Å²) in [4.78, 5) is 12.0. The van der Waals surface area contributed by atoms with Crippen LogP contribution in [0.15, 0.2) is 52.5 Å². The molecule has 0 spiro atoms. The number of hydrazone groups is 1. The first kappa shape index (κ1) is 22.2. The zero-order valence-electron chi connectivity index (χ0n) is 16.6. The fourth-order valence-electron chi connectivity index (χ4n) is 2.34. The van der Waals surface area contributed by atoms with Gasteiger partial charge in [0.25, 0.3) is 5.91 Å². The number of rotatable bonds is 9. The van der Waals surface area contributed by atoms with Crippen molar-refractivity contribution < 1.29 is 27.4 Å². The number of carbonyl (C=O) groups excluding carboxylic acids is 1. The van der Waals surface area contributed by atoms with Gasteiger partial charge in [0.05, 0.1) is 34.1 Å². The Labute approximate surface area is 169 Å². The quantitative estimate of drug-likeness (QED) is 0.486. The van der Waals surface area contributed by atoms with Gasteiger partial charge in [-0.15, -0.1) is 0 Å². The Hall–Kier alpha value is -3.11. The molecule has 0 radical (unpaired) electrons. The second-order valence-corrected chi connectivity index (χ2v) is 7.86. The van der Waals surface area contributed by atoms with Gasteiger partial charge in [-0.2, -0.15) is 9.41 Å². The van der Waals surface area contributed by atoms with Gasteiger partial charge in [-0.3, -0.25) is 4.79 Å². The number of carbonyl (C=O) groups is 1. The molecule has 0 saturated heterocycles. The van der Waals surface area contributed by atoms with E-state index in [9.17, 15) is 13.2 Å². The summed E-state index contributed by atoms with van der Waals surface area (Å²) >= 11 is 0. The third kappa shape index (κ3) is 5.69. The van der Waals surface area contributed by atoms with Gasteiger partial charge < -0.3 is 14.2 Å². The van der Waals surface area contributed by atoms with Gasteiger partial charge in [0.2, 0.25) is 10.0 Å². The summed E-state index contributed by atoms with van der Waals surface area (Å²) in [5.41, 5.74) is 3.05. The molecule has 10 heteroatoms. The van der Waals surface area contributed by atoms with E-state index in [-0.39, 0.29) is 10.6 Å². The first-order valence-corrected chi connectivity index (χ1v) is 9.90. The van der Waals surface area contributed by atoms with Crippen LogP contribution in [-0.4, -0.2) is 59.8 Å². The maximum atomic E-state index is 12.8. The van der Waals surface area contributed by atoms with Crippen molar-refractivity contribution in [1.29, 1.82) is 0 Å². The number of hydrogen-bond donors (Lipinski definition) is 1. The van der Waals surface area contributed by atoms with Crippen molar-refractivity contribution in [2.45, 2.75) is 4.90 Å². The van der Waals surface area contributed by atoms with Crippen LogP contribution in [0.5, 0.6) is 17.2 Å². The minimum atomic E-state index is -3.99. The minimum Gasteiger partial charge on any atom is -0.497 e. The molecule has 1 N–H and O–H groups in total. The third-order valence-corrected chi connectivity index (χ3v) is 5.77. The number of methoxy groups -OCH3 is 3. The Bertz CT molecular complexity index is 974. The summed E-state index contributed by atoms with van der Waals surface area (Å²) in [5, 5.41) is 3.83. The molecule has 2 aromatic carbocycles. The summed E-state index contributed by atoms with van der Waals surface area (Å²) in [6.07, 6.45) is 1.44. The molecule has 9 nitrogen and oxygen atoms in total. The van der Waals surface area contributed by atoms with Crippen LogP contribution >= 0.6 is 0 Å².